The summed E-state index contributed by atoms with van der Waals surface area (Å²) < 4.78 is 1.43. The standard InChI is InChI=1S/C18H13N3OS/c22-17-10-11-19-18-16(12-20-21(17)18)13-6-8-15(9-7-13)23-14-4-2-1-3-5-14/h1-12,22H. The Morgan fingerprint density at radius 3 is 2.39 bits per heavy atom. The average Bonchev–Trinajstić information content (AvgIpc) is 3.02. The summed E-state index contributed by atoms with van der Waals surface area (Å²) in [7, 11) is 0. The fraction of sp³-hybridized carbons (Fsp3) is 0. The Morgan fingerprint density at radius 2 is 1.61 bits per heavy atom. The van der Waals surface area contributed by atoms with Crippen LogP contribution in [-0.4, -0.2) is 19.7 Å². The van der Waals surface area contributed by atoms with Gasteiger partial charge in [-0.25, -0.2) is 4.98 Å². The van der Waals surface area contributed by atoms with E-state index in [0.29, 0.717) is 5.65 Å². The monoisotopic (exact) mass is 319 g/mol. The summed E-state index contributed by atoms with van der Waals surface area (Å²) >= 11 is 1.72. The number of aromatic nitrogens is 3. The molecular formula is C18H13N3OS. The maximum Gasteiger partial charge on any atom is 0.215 e. The molecule has 5 heteroatoms. The normalized spacial score (nSPS) is 11.0. The second kappa shape index (κ2) is 5.78. The molecule has 0 saturated carbocycles. The van der Waals surface area contributed by atoms with Gasteiger partial charge in [-0.1, -0.05) is 42.1 Å². The molecular weight excluding hydrogens is 306 g/mol. The van der Waals surface area contributed by atoms with Gasteiger partial charge in [-0.3, -0.25) is 0 Å². The predicted molar refractivity (Wildman–Crippen MR) is 90.7 cm³/mol. The zero-order chi connectivity index (χ0) is 15.6. The first-order chi connectivity index (χ1) is 11.3. The highest BCUT2D eigenvalue weighted by molar-refractivity contribution is 7.99. The van der Waals surface area contributed by atoms with Crippen molar-refractivity contribution in [2.45, 2.75) is 9.79 Å². The van der Waals surface area contributed by atoms with E-state index in [4.69, 9.17) is 0 Å². The van der Waals surface area contributed by atoms with Gasteiger partial charge in [0.25, 0.3) is 0 Å². The molecule has 0 radical (unpaired) electrons. The summed E-state index contributed by atoms with van der Waals surface area (Å²) in [4.78, 5) is 6.69. The van der Waals surface area contributed by atoms with E-state index in [1.54, 1.807) is 24.2 Å². The molecule has 0 aliphatic carbocycles. The van der Waals surface area contributed by atoms with E-state index < -0.39 is 0 Å². The number of nitrogens with zero attached hydrogens (tertiary/aromatic N) is 3. The lowest BCUT2D eigenvalue weighted by molar-refractivity contribution is 0.435. The molecule has 0 unspecified atom stereocenters. The quantitative estimate of drug-likeness (QED) is 0.613. The Balaban J connectivity index is 1.66. The number of fused-ring (bicyclic) bond motifs is 1. The molecule has 4 nitrogen and oxygen atoms in total. The van der Waals surface area contributed by atoms with Crippen LogP contribution < -0.4 is 0 Å². The van der Waals surface area contributed by atoms with E-state index in [-0.39, 0.29) is 5.88 Å². The molecule has 0 bridgehead atoms. The number of rotatable bonds is 3. The Labute approximate surface area is 137 Å². The van der Waals surface area contributed by atoms with Crippen molar-refractivity contribution in [3.8, 4) is 17.0 Å². The molecule has 4 aromatic rings. The summed E-state index contributed by atoms with van der Waals surface area (Å²) in [5.74, 6) is 0.0810. The summed E-state index contributed by atoms with van der Waals surface area (Å²) in [6.07, 6.45) is 3.30. The molecule has 23 heavy (non-hydrogen) atoms. The largest absolute Gasteiger partial charge is 0.493 e. The molecule has 112 valence electrons. The molecule has 0 spiro atoms. The SMILES string of the molecule is Oc1ccnc2c(-c3ccc(Sc4ccccc4)cc3)cnn12. The highest BCUT2D eigenvalue weighted by atomic mass is 32.2. The van der Waals surface area contributed by atoms with Gasteiger partial charge in [-0.2, -0.15) is 9.61 Å². The predicted octanol–water partition coefficient (Wildman–Crippen LogP) is 4.25. The minimum Gasteiger partial charge on any atom is -0.493 e. The summed E-state index contributed by atoms with van der Waals surface area (Å²) in [5.41, 5.74) is 2.57. The zero-order valence-electron chi connectivity index (χ0n) is 12.1. The first-order valence-electron chi connectivity index (χ1n) is 7.16. The van der Waals surface area contributed by atoms with Crippen LogP contribution >= 0.6 is 11.8 Å². The van der Waals surface area contributed by atoms with Crippen LogP contribution in [0.4, 0.5) is 0 Å². The number of aromatic hydroxyl groups is 1. The maximum absolute atomic E-state index is 9.80. The van der Waals surface area contributed by atoms with Crippen LogP contribution in [0.2, 0.25) is 0 Å². The molecule has 0 aliphatic heterocycles. The van der Waals surface area contributed by atoms with E-state index in [1.165, 1.54) is 20.4 Å². The molecule has 1 N–H and O–H groups in total. The molecule has 0 aliphatic rings. The average molecular weight is 319 g/mol. The number of benzene rings is 2. The smallest absolute Gasteiger partial charge is 0.215 e. The lowest BCUT2D eigenvalue weighted by Crippen LogP contribution is -1.90. The lowest BCUT2D eigenvalue weighted by atomic mass is 10.1. The third kappa shape index (κ3) is 2.66. The molecule has 0 saturated heterocycles. The van der Waals surface area contributed by atoms with Gasteiger partial charge < -0.3 is 5.11 Å². The van der Waals surface area contributed by atoms with Crippen LogP contribution in [0.15, 0.2) is 82.8 Å². The highest BCUT2D eigenvalue weighted by Gasteiger charge is 2.10. The summed E-state index contributed by atoms with van der Waals surface area (Å²) in [6, 6.07) is 20.1. The van der Waals surface area contributed by atoms with Crippen molar-refractivity contribution in [2.75, 3.05) is 0 Å². The summed E-state index contributed by atoms with van der Waals surface area (Å²) in [6.45, 7) is 0. The topological polar surface area (TPSA) is 50.4 Å². The summed E-state index contributed by atoms with van der Waals surface area (Å²) in [5, 5.41) is 14.0. The van der Waals surface area contributed by atoms with Crippen LogP contribution in [0.25, 0.3) is 16.8 Å². The van der Waals surface area contributed by atoms with Crippen LogP contribution in [0.3, 0.4) is 0 Å². The fourth-order valence-electron chi connectivity index (χ4n) is 2.41. The van der Waals surface area contributed by atoms with Gasteiger partial charge in [0.15, 0.2) is 5.65 Å². The van der Waals surface area contributed by atoms with Gasteiger partial charge >= 0.3 is 0 Å². The molecule has 4 rings (SSSR count). The first-order valence-corrected chi connectivity index (χ1v) is 7.98. The number of hydrogen-bond acceptors (Lipinski definition) is 4. The molecule has 0 fully saturated rings. The first kappa shape index (κ1) is 13.8. The van der Waals surface area contributed by atoms with Gasteiger partial charge in [0.05, 0.1) is 6.20 Å². The molecule has 2 heterocycles. The van der Waals surface area contributed by atoms with Gasteiger partial charge in [-0.15, -0.1) is 0 Å². The number of hydrogen-bond donors (Lipinski definition) is 1. The van der Waals surface area contributed by atoms with Crippen molar-refractivity contribution in [1.82, 2.24) is 14.6 Å². The van der Waals surface area contributed by atoms with Crippen molar-refractivity contribution < 1.29 is 5.11 Å². The Kier molecular flexibility index (Phi) is 3.48. The second-order valence-electron chi connectivity index (χ2n) is 5.04. The maximum atomic E-state index is 9.80. The van der Waals surface area contributed by atoms with Crippen molar-refractivity contribution in [3.05, 3.63) is 73.1 Å². The second-order valence-corrected chi connectivity index (χ2v) is 6.18. The van der Waals surface area contributed by atoms with Gasteiger partial charge in [0.2, 0.25) is 5.88 Å². The van der Waals surface area contributed by atoms with Crippen LogP contribution in [0, 0.1) is 0 Å². The van der Waals surface area contributed by atoms with Gasteiger partial charge in [-0.05, 0) is 29.8 Å². The Hall–Kier alpha value is -2.79. The van der Waals surface area contributed by atoms with E-state index >= 15 is 0 Å². The zero-order valence-corrected chi connectivity index (χ0v) is 12.9. The van der Waals surface area contributed by atoms with Crippen molar-refractivity contribution in [2.24, 2.45) is 0 Å². The van der Waals surface area contributed by atoms with E-state index in [1.807, 2.05) is 30.3 Å². The Bertz CT molecular complexity index is 949. The van der Waals surface area contributed by atoms with Crippen LogP contribution in [-0.2, 0) is 0 Å². The van der Waals surface area contributed by atoms with Gasteiger partial charge in [0, 0.05) is 27.6 Å². The Morgan fingerprint density at radius 1 is 0.870 bits per heavy atom. The minimum atomic E-state index is 0.0810. The molecule has 2 aromatic carbocycles. The third-order valence-electron chi connectivity index (χ3n) is 3.53. The van der Waals surface area contributed by atoms with Crippen molar-refractivity contribution in [1.29, 1.82) is 0 Å². The van der Waals surface area contributed by atoms with Crippen LogP contribution in [0.5, 0.6) is 5.88 Å². The molecule has 0 atom stereocenters. The van der Waals surface area contributed by atoms with Crippen molar-refractivity contribution in [3.63, 3.8) is 0 Å². The lowest BCUT2D eigenvalue weighted by Gasteiger charge is -2.03. The highest BCUT2D eigenvalue weighted by Crippen LogP contribution is 2.31. The third-order valence-corrected chi connectivity index (χ3v) is 4.54. The van der Waals surface area contributed by atoms with E-state index in [2.05, 4.69) is 34.3 Å². The molecule has 2 aromatic heterocycles. The fourth-order valence-corrected chi connectivity index (χ4v) is 3.25. The van der Waals surface area contributed by atoms with Crippen LogP contribution in [0.1, 0.15) is 0 Å². The van der Waals surface area contributed by atoms with Gasteiger partial charge in [0.1, 0.15) is 0 Å². The molecule has 0 amide bonds. The van der Waals surface area contributed by atoms with Crippen molar-refractivity contribution >= 4 is 17.4 Å². The van der Waals surface area contributed by atoms with E-state index in [0.717, 1.165) is 11.1 Å². The van der Waals surface area contributed by atoms with E-state index in [9.17, 15) is 5.11 Å². The minimum absolute atomic E-state index is 0.0810.